The SMILES string of the molecule is CN1CCc2ncc(CN3CC[C@H](Oc4ccc5c(c4)CN(C4CCCNC4)C5=O)C3)cc2C1. The normalized spacial score (nSPS) is 25.4. The van der Waals surface area contributed by atoms with E-state index in [0.717, 1.165) is 88.4 Å². The molecule has 1 amide bonds. The van der Waals surface area contributed by atoms with Gasteiger partial charge in [-0.3, -0.25) is 14.7 Å². The molecule has 2 aromatic rings. The van der Waals surface area contributed by atoms with Gasteiger partial charge in [0.05, 0.1) is 0 Å². The number of nitrogens with zero attached hydrogens (tertiary/aromatic N) is 4. The summed E-state index contributed by atoms with van der Waals surface area (Å²) in [5.41, 5.74) is 5.88. The Hall–Kier alpha value is -2.48. The molecule has 2 fully saturated rings. The summed E-state index contributed by atoms with van der Waals surface area (Å²) in [5.74, 6) is 1.06. The van der Waals surface area contributed by atoms with Gasteiger partial charge in [-0.1, -0.05) is 0 Å². The summed E-state index contributed by atoms with van der Waals surface area (Å²) in [6.07, 6.45) is 6.54. The molecule has 1 N–H and O–H groups in total. The average Bonchev–Trinajstić information content (AvgIpc) is 3.42. The zero-order valence-corrected chi connectivity index (χ0v) is 20.1. The van der Waals surface area contributed by atoms with Gasteiger partial charge >= 0.3 is 0 Å². The van der Waals surface area contributed by atoms with E-state index in [9.17, 15) is 4.79 Å². The lowest BCUT2D eigenvalue weighted by Crippen LogP contribution is -2.46. The Morgan fingerprint density at radius 2 is 2.09 bits per heavy atom. The Morgan fingerprint density at radius 1 is 1.15 bits per heavy atom. The number of fused-ring (bicyclic) bond motifs is 2. The molecule has 0 spiro atoms. The number of hydrogen-bond acceptors (Lipinski definition) is 6. The van der Waals surface area contributed by atoms with Crippen molar-refractivity contribution in [3.8, 4) is 5.75 Å². The van der Waals surface area contributed by atoms with Gasteiger partial charge in [0, 0.05) is 75.7 Å². The molecule has 7 heteroatoms. The zero-order chi connectivity index (χ0) is 23.1. The maximum absolute atomic E-state index is 12.9. The Morgan fingerprint density at radius 3 is 2.97 bits per heavy atom. The molecule has 34 heavy (non-hydrogen) atoms. The summed E-state index contributed by atoms with van der Waals surface area (Å²) >= 11 is 0. The van der Waals surface area contributed by atoms with E-state index in [4.69, 9.17) is 9.72 Å². The minimum absolute atomic E-state index is 0.173. The lowest BCUT2D eigenvalue weighted by molar-refractivity contribution is 0.0674. The number of hydrogen-bond donors (Lipinski definition) is 1. The van der Waals surface area contributed by atoms with Crippen LogP contribution in [-0.4, -0.2) is 77.5 Å². The van der Waals surface area contributed by atoms with Gasteiger partial charge in [0.15, 0.2) is 0 Å². The molecule has 1 aromatic carbocycles. The third-order valence-electron chi connectivity index (χ3n) is 7.85. The number of rotatable bonds is 5. The largest absolute Gasteiger partial charge is 0.489 e. The molecule has 0 aliphatic carbocycles. The van der Waals surface area contributed by atoms with E-state index >= 15 is 0 Å². The topological polar surface area (TPSA) is 60.9 Å². The maximum Gasteiger partial charge on any atom is 0.254 e. The number of aromatic nitrogens is 1. The molecule has 1 unspecified atom stereocenters. The first kappa shape index (κ1) is 22.0. The molecule has 0 radical (unpaired) electrons. The molecular formula is C27H35N5O2. The molecule has 7 nitrogen and oxygen atoms in total. The summed E-state index contributed by atoms with van der Waals surface area (Å²) in [7, 11) is 2.18. The number of ether oxygens (including phenoxy) is 1. The number of benzene rings is 1. The third-order valence-corrected chi connectivity index (χ3v) is 7.85. The minimum Gasteiger partial charge on any atom is -0.489 e. The van der Waals surface area contributed by atoms with E-state index in [1.165, 1.54) is 16.8 Å². The Balaban J connectivity index is 1.06. The van der Waals surface area contributed by atoms with E-state index in [-0.39, 0.29) is 12.0 Å². The molecule has 180 valence electrons. The Labute approximate surface area is 202 Å². The lowest BCUT2D eigenvalue weighted by atomic mass is 10.0. The van der Waals surface area contributed by atoms with Gasteiger partial charge in [0.25, 0.3) is 5.91 Å². The molecule has 4 aliphatic rings. The zero-order valence-electron chi connectivity index (χ0n) is 20.1. The van der Waals surface area contributed by atoms with Crippen LogP contribution in [0.25, 0.3) is 0 Å². The Kier molecular flexibility index (Phi) is 6.01. The number of amides is 1. The van der Waals surface area contributed by atoms with Crippen LogP contribution in [0.5, 0.6) is 5.75 Å². The first-order valence-electron chi connectivity index (χ1n) is 12.8. The van der Waals surface area contributed by atoms with Crippen LogP contribution >= 0.6 is 0 Å². The molecule has 6 rings (SSSR count). The number of likely N-dealkylation sites (N-methyl/N-ethyl adjacent to an activating group) is 1. The van der Waals surface area contributed by atoms with Crippen molar-refractivity contribution in [3.63, 3.8) is 0 Å². The highest BCUT2D eigenvalue weighted by Crippen LogP contribution is 2.31. The number of likely N-dealkylation sites (tertiary alicyclic amines) is 1. The van der Waals surface area contributed by atoms with E-state index in [1.54, 1.807) is 0 Å². The highest BCUT2D eigenvalue weighted by molar-refractivity contribution is 5.98. The van der Waals surface area contributed by atoms with Crippen LogP contribution in [0.1, 0.15) is 52.0 Å². The molecule has 0 bridgehead atoms. The van der Waals surface area contributed by atoms with E-state index in [0.29, 0.717) is 12.6 Å². The number of piperidine rings is 1. The molecule has 2 saturated heterocycles. The molecular weight excluding hydrogens is 426 g/mol. The summed E-state index contributed by atoms with van der Waals surface area (Å²) in [5, 5.41) is 3.43. The van der Waals surface area contributed by atoms with Gasteiger partial charge in [-0.15, -0.1) is 0 Å². The summed E-state index contributed by atoms with van der Waals surface area (Å²) in [6.45, 7) is 7.64. The highest BCUT2D eigenvalue weighted by Gasteiger charge is 2.34. The molecule has 0 saturated carbocycles. The van der Waals surface area contributed by atoms with Gasteiger partial charge in [-0.05, 0) is 73.8 Å². The highest BCUT2D eigenvalue weighted by atomic mass is 16.5. The van der Waals surface area contributed by atoms with E-state index in [2.05, 4.69) is 40.5 Å². The van der Waals surface area contributed by atoms with Crippen LogP contribution in [0.2, 0.25) is 0 Å². The number of carbonyl (C=O) groups is 1. The second-order valence-electron chi connectivity index (χ2n) is 10.5. The average molecular weight is 462 g/mol. The molecule has 1 aromatic heterocycles. The van der Waals surface area contributed by atoms with Crippen molar-refractivity contribution < 1.29 is 9.53 Å². The van der Waals surface area contributed by atoms with Crippen LogP contribution in [0.15, 0.2) is 30.5 Å². The Bertz CT molecular complexity index is 1070. The third kappa shape index (κ3) is 4.44. The molecule has 2 atom stereocenters. The molecule has 5 heterocycles. The van der Waals surface area contributed by atoms with Crippen molar-refractivity contribution in [2.45, 2.75) is 57.5 Å². The number of nitrogens with one attached hydrogen (secondary N) is 1. The van der Waals surface area contributed by atoms with Crippen molar-refractivity contribution in [1.82, 2.24) is 25.0 Å². The van der Waals surface area contributed by atoms with E-state index in [1.807, 2.05) is 17.0 Å². The van der Waals surface area contributed by atoms with Gasteiger partial charge in [0.1, 0.15) is 11.9 Å². The first-order valence-corrected chi connectivity index (χ1v) is 12.8. The second kappa shape index (κ2) is 9.29. The maximum atomic E-state index is 12.9. The predicted molar refractivity (Wildman–Crippen MR) is 131 cm³/mol. The van der Waals surface area contributed by atoms with Gasteiger partial charge in [0.2, 0.25) is 0 Å². The number of pyridine rings is 1. The van der Waals surface area contributed by atoms with Crippen LogP contribution in [0.3, 0.4) is 0 Å². The van der Waals surface area contributed by atoms with Crippen LogP contribution < -0.4 is 10.1 Å². The number of carbonyl (C=O) groups excluding carboxylic acids is 1. The fraction of sp³-hybridized carbons (Fsp3) is 0.556. The molecule has 4 aliphatic heterocycles. The van der Waals surface area contributed by atoms with Crippen LogP contribution in [-0.2, 0) is 26.1 Å². The van der Waals surface area contributed by atoms with Crippen molar-refractivity contribution >= 4 is 5.91 Å². The summed E-state index contributed by atoms with van der Waals surface area (Å²) in [4.78, 5) is 24.5. The smallest absolute Gasteiger partial charge is 0.254 e. The predicted octanol–water partition coefficient (Wildman–Crippen LogP) is 2.43. The standard InChI is InChI=1S/C27H35N5O2/c1-30-9-7-26-21(16-30)11-19(13-29-26)15-31-10-6-24(18-31)34-23-4-5-25-20(12-23)17-32(27(25)33)22-3-2-8-28-14-22/h4-5,11-13,22,24,28H,2-3,6-10,14-18H2,1H3/t22?,24-/m0/s1. The van der Waals surface area contributed by atoms with Crippen molar-refractivity contribution in [3.05, 3.63) is 58.4 Å². The fourth-order valence-corrected chi connectivity index (χ4v) is 5.98. The summed E-state index contributed by atoms with van der Waals surface area (Å²) < 4.78 is 6.38. The van der Waals surface area contributed by atoms with E-state index < -0.39 is 0 Å². The quantitative estimate of drug-likeness (QED) is 0.738. The van der Waals surface area contributed by atoms with Gasteiger partial charge < -0.3 is 19.9 Å². The lowest BCUT2D eigenvalue weighted by Gasteiger charge is -2.31. The fourth-order valence-electron chi connectivity index (χ4n) is 5.98. The van der Waals surface area contributed by atoms with Gasteiger partial charge in [-0.2, -0.15) is 0 Å². The minimum atomic E-state index is 0.173. The monoisotopic (exact) mass is 461 g/mol. The van der Waals surface area contributed by atoms with Crippen molar-refractivity contribution in [2.75, 3.05) is 39.8 Å². The van der Waals surface area contributed by atoms with Crippen molar-refractivity contribution in [1.29, 1.82) is 0 Å². The summed E-state index contributed by atoms with van der Waals surface area (Å²) in [6, 6.07) is 8.69. The first-order chi connectivity index (χ1) is 16.6. The van der Waals surface area contributed by atoms with Crippen molar-refractivity contribution in [2.24, 2.45) is 0 Å². The van der Waals surface area contributed by atoms with Crippen LogP contribution in [0.4, 0.5) is 0 Å². The van der Waals surface area contributed by atoms with Crippen LogP contribution in [0, 0.1) is 0 Å². The van der Waals surface area contributed by atoms with Gasteiger partial charge in [-0.25, -0.2) is 0 Å². The second-order valence-corrected chi connectivity index (χ2v) is 10.5.